The van der Waals surface area contributed by atoms with Crippen molar-refractivity contribution in [3.63, 3.8) is 0 Å². The van der Waals surface area contributed by atoms with E-state index in [0.717, 1.165) is 11.1 Å². The maximum Gasteiger partial charge on any atom is 0.325 e. The molecule has 0 atom stereocenters. The van der Waals surface area contributed by atoms with Crippen molar-refractivity contribution >= 4 is 11.9 Å². The normalized spacial score (nSPS) is 11.2. The summed E-state index contributed by atoms with van der Waals surface area (Å²) in [5.41, 5.74) is 4.37. The molecule has 1 N–H and O–H groups in total. The molecule has 1 amide bonds. The van der Waals surface area contributed by atoms with Crippen molar-refractivity contribution in [3.05, 3.63) is 77.5 Å². The van der Waals surface area contributed by atoms with E-state index in [4.69, 9.17) is 4.74 Å². The highest BCUT2D eigenvalue weighted by molar-refractivity contribution is 5.95. The SMILES string of the molecule is CCOC(=O)CNC(=O)c1cc(-c2ccccc2)nn1Cc1ccc(C(C)(C)C)cc1. The summed E-state index contributed by atoms with van der Waals surface area (Å²) < 4.78 is 6.57. The zero-order chi connectivity index (χ0) is 22.4. The highest BCUT2D eigenvalue weighted by atomic mass is 16.5. The van der Waals surface area contributed by atoms with Gasteiger partial charge in [0.15, 0.2) is 0 Å². The predicted molar refractivity (Wildman–Crippen MR) is 121 cm³/mol. The van der Waals surface area contributed by atoms with Crippen molar-refractivity contribution in [1.82, 2.24) is 15.1 Å². The van der Waals surface area contributed by atoms with E-state index in [0.29, 0.717) is 17.9 Å². The third-order valence-corrected chi connectivity index (χ3v) is 4.93. The number of benzene rings is 2. The summed E-state index contributed by atoms with van der Waals surface area (Å²) in [6.07, 6.45) is 0. The number of hydrogen-bond donors (Lipinski definition) is 1. The van der Waals surface area contributed by atoms with Gasteiger partial charge < -0.3 is 10.1 Å². The zero-order valence-electron chi connectivity index (χ0n) is 18.5. The van der Waals surface area contributed by atoms with Crippen LogP contribution in [-0.4, -0.2) is 34.8 Å². The molecule has 31 heavy (non-hydrogen) atoms. The smallest absolute Gasteiger partial charge is 0.325 e. The highest BCUT2D eigenvalue weighted by Crippen LogP contribution is 2.23. The molecule has 162 valence electrons. The molecular formula is C25H29N3O3. The number of amides is 1. The predicted octanol–water partition coefficient (Wildman–Crippen LogP) is 4.19. The Morgan fingerprint density at radius 2 is 1.71 bits per heavy atom. The lowest BCUT2D eigenvalue weighted by atomic mass is 9.87. The number of rotatable bonds is 7. The van der Waals surface area contributed by atoms with E-state index in [1.807, 2.05) is 30.3 Å². The van der Waals surface area contributed by atoms with E-state index in [2.05, 4.69) is 55.5 Å². The Morgan fingerprint density at radius 3 is 2.32 bits per heavy atom. The Bertz CT molecular complexity index is 1030. The second-order valence-corrected chi connectivity index (χ2v) is 8.37. The monoisotopic (exact) mass is 419 g/mol. The van der Waals surface area contributed by atoms with Crippen LogP contribution in [0.1, 0.15) is 49.3 Å². The van der Waals surface area contributed by atoms with Gasteiger partial charge in [0.1, 0.15) is 12.2 Å². The van der Waals surface area contributed by atoms with Crippen molar-refractivity contribution in [2.24, 2.45) is 0 Å². The summed E-state index contributed by atoms with van der Waals surface area (Å²) in [7, 11) is 0. The fraction of sp³-hybridized carbons (Fsp3) is 0.320. The summed E-state index contributed by atoms with van der Waals surface area (Å²) in [6, 6.07) is 19.8. The minimum absolute atomic E-state index is 0.0723. The average molecular weight is 420 g/mol. The Labute approximate surface area is 183 Å². The number of ether oxygens (including phenoxy) is 1. The summed E-state index contributed by atoms with van der Waals surface area (Å²) in [5.74, 6) is -0.836. The first-order valence-corrected chi connectivity index (χ1v) is 10.4. The van der Waals surface area contributed by atoms with E-state index < -0.39 is 5.97 Å². The van der Waals surface area contributed by atoms with Crippen molar-refractivity contribution in [3.8, 4) is 11.3 Å². The number of hydrogen-bond acceptors (Lipinski definition) is 4. The van der Waals surface area contributed by atoms with Gasteiger partial charge in [0.25, 0.3) is 5.91 Å². The minimum Gasteiger partial charge on any atom is -0.465 e. The van der Waals surface area contributed by atoms with Crippen LogP contribution in [0.25, 0.3) is 11.3 Å². The first-order chi connectivity index (χ1) is 14.8. The maximum atomic E-state index is 12.8. The zero-order valence-corrected chi connectivity index (χ0v) is 18.5. The molecule has 0 saturated heterocycles. The van der Waals surface area contributed by atoms with Crippen LogP contribution in [-0.2, 0) is 21.5 Å². The largest absolute Gasteiger partial charge is 0.465 e. The van der Waals surface area contributed by atoms with Crippen LogP contribution in [0.3, 0.4) is 0 Å². The molecule has 3 rings (SSSR count). The van der Waals surface area contributed by atoms with Gasteiger partial charge in [-0.15, -0.1) is 0 Å². The van der Waals surface area contributed by atoms with Gasteiger partial charge in [-0.25, -0.2) is 0 Å². The van der Waals surface area contributed by atoms with E-state index in [-0.39, 0.29) is 24.5 Å². The van der Waals surface area contributed by atoms with Gasteiger partial charge >= 0.3 is 5.97 Å². The standard InChI is InChI=1S/C25H29N3O3/c1-5-31-23(29)16-26-24(30)22-15-21(19-9-7-6-8-10-19)27-28(22)17-18-11-13-20(14-12-18)25(2,3)4/h6-15H,5,16-17H2,1-4H3,(H,26,30). The molecule has 0 aliphatic rings. The summed E-state index contributed by atoms with van der Waals surface area (Å²) in [6.45, 7) is 8.79. The fourth-order valence-electron chi connectivity index (χ4n) is 3.21. The number of esters is 1. The Balaban J connectivity index is 1.87. The highest BCUT2D eigenvalue weighted by Gasteiger charge is 2.18. The molecule has 6 nitrogen and oxygen atoms in total. The van der Waals surface area contributed by atoms with E-state index in [9.17, 15) is 9.59 Å². The molecule has 0 bridgehead atoms. The van der Waals surface area contributed by atoms with Gasteiger partial charge in [-0.05, 0) is 29.5 Å². The van der Waals surface area contributed by atoms with Crippen LogP contribution in [0.2, 0.25) is 0 Å². The minimum atomic E-state index is -0.469. The quantitative estimate of drug-likeness (QED) is 0.583. The summed E-state index contributed by atoms with van der Waals surface area (Å²) >= 11 is 0. The molecule has 0 spiro atoms. The molecular weight excluding hydrogens is 390 g/mol. The molecule has 6 heteroatoms. The molecule has 1 heterocycles. The molecule has 0 aliphatic heterocycles. The molecule has 0 aliphatic carbocycles. The van der Waals surface area contributed by atoms with Crippen LogP contribution in [0.5, 0.6) is 0 Å². The third kappa shape index (κ3) is 5.81. The van der Waals surface area contributed by atoms with Gasteiger partial charge in [0.2, 0.25) is 0 Å². The molecule has 3 aromatic rings. The maximum absolute atomic E-state index is 12.8. The van der Waals surface area contributed by atoms with Crippen molar-refractivity contribution in [1.29, 1.82) is 0 Å². The topological polar surface area (TPSA) is 73.2 Å². The van der Waals surface area contributed by atoms with Gasteiger partial charge in [-0.2, -0.15) is 5.10 Å². The second-order valence-electron chi connectivity index (χ2n) is 8.37. The van der Waals surface area contributed by atoms with Crippen molar-refractivity contribution < 1.29 is 14.3 Å². The Hall–Kier alpha value is -3.41. The van der Waals surface area contributed by atoms with Crippen LogP contribution in [0, 0.1) is 0 Å². The lowest BCUT2D eigenvalue weighted by molar-refractivity contribution is -0.141. The first kappa shape index (κ1) is 22.3. The van der Waals surface area contributed by atoms with Gasteiger partial charge in [-0.3, -0.25) is 14.3 Å². The van der Waals surface area contributed by atoms with Crippen LogP contribution >= 0.6 is 0 Å². The molecule has 0 saturated carbocycles. The number of nitrogens with zero attached hydrogens (tertiary/aromatic N) is 2. The molecule has 0 fully saturated rings. The van der Waals surface area contributed by atoms with Crippen LogP contribution < -0.4 is 5.32 Å². The number of nitrogens with one attached hydrogen (secondary N) is 1. The molecule has 0 unspecified atom stereocenters. The number of carbonyl (C=O) groups excluding carboxylic acids is 2. The number of carbonyl (C=O) groups is 2. The number of aromatic nitrogens is 2. The molecule has 0 radical (unpaired) electrons. The summed E-state index contributed by atoms with van der Waals surface area (Å²) in [4.78, 5) is 24.4. The third-order valence-electron chi connectivity index (χ3n) is 4.93. The summed E-state index contributed by atoms with van der Waals surface area (Å²) in [5, 5.41) is 7.30. The van der Waals surface area contributed by atoms with E-state index >= 15 is 0 Å². The van der Waals surface area contributed by atoms with E-state index in [1.54, 1.807) is 17.7 Å². The average Bonchev–Trinajstić information content (AvgIpc) is 3.16. The van der Waals surface area contributed by atoms with Crippen LogP contribution in [0.4, 0.5) is 0 Å². The van der Waals surface area contributed by atoms with Crippen LogP contribution in [0.15, 0.2) is 60.7 Å². The molecule has 2 aromatic carbocycles. The van der Waals surface area contributed by atoms with Gasteiger partial charge in [-0.1, -0.05) is 75.4 Å². The second kappa shape index (κ2) is 9.60. The molecule has 1 aromatic heterocycles. The van der Waals surface area contributed by atoms with Gasteiger partial charge in [0.05, 0.1) is 18.8 Å². The Morgan fingerprint density at radius 1 is 1.03 bits per heavy atom. The van der Waals surface area contributed by atoms with Crippen molar-refractivity contribution in [2.75, 3.05) is 13.2 Å². The lowest BCUT2D eigenvalue weighted by Gasteiger charge is -2.19. The van der Waals surface area contributed by atoms with Gasteiger partial charge in [0, 0.05) is 5.56 Å². The Kier molecular flexibility index (Phi) is 6.90. The van der Waals surface area contributed by atoms with Crippen molar-refractivity contribution in [2.45, 2.75) is 39.7 Å². The lowest BCUT2D eigenvalue weighted by Crippen LogP contribution is -2.32. The van der Waals surface area contributed by atoms with E-state index in [1.165, 1.54) is 5.56 Å². The first-order valence-electron chi connectivity index (χ1n) is 10.4. The fourth-order valence-corrected chi connectivity index (χ4v) is 3.21.